The van der Waals surface area contributed by atoms with Crippen molar-refractivity contribution in [2.45, 2.75) is 38.1 Å². The van der Waals surface area contributed by atoms with Crippen LogP contribution in [0.5, 0.6) is 0 Å². The first-order chi connectivity index (χ1) is 7.57. The van der Waals surface area contributed by atoms with E-state index in [0.29, 0.717) is 6.54 Å². The van der Waals surface area contributed by atoms with Crippen molar-refractivity contribution in [2.24, 2.45) is 0 Å². The molecule has 3 nitrogen and oxygen atoms in total. The normalized spacial score (nSPS) is 12.0. The minimum absolute atomic E-state index is 0.0544. The summed E-state index contributed by atoms with van der Waals surface area (Å²) in [5, 5.41) is 12.3. The summed E-state index contributed by atoms with van der Waals surface area (Å²) in [5.41, 5.74) is -0.0544. The molecule has 0 aliphatic carbocycles. The minimum Gasteiger partial charge on any atom is -0.464 e. The van der Waals surface area contributed by atoms with Crippen LogP contribution >= 0.6 is 11.8 Å². The molecule has 1 aromatic heterocycles. The van der Waals surface area contributed by atoms with Crippen molar-refractivity contribution in [3.8, 4) is 0 Å². The van der Waals surface area contributed by atoms with Gasteiger partial charge in [-0.3, -0.25) is 0 Å². The monoisotopic (exact) mass is 243 g/mol. The second-order valence-electron chi connectivity index (χ2n) is 4.51. The van der Waals surface area contributed by atoms with Crippen molar-refractivity contribution in [1.29, 1.82) is 0 Å². The van der Waals surface area contributed by atoms with E-state index in [-0.39, 0.29) is 12.1 Å². The molecule has 0 amide bonds. The van der Waals surface area contributed by atoms with Crippen LogP contribution in [0.15, 0.2) is 16.5 Å². The van der Waals surface area contributed by atoms with Crippen molar-refractivity contribution in [3.05, 3.63) is 23.7 Å². The number of aliphatic hydroxyl groups is 1. The molecule has 0 fully saturated rings. The third kappa shape index (κ3) is 4.60. The number of aliphatic hydroxyl groups excluding tert-OH is 1. The predicted octanol–water partition coefficient (Wildman–Crippen LogP) is 2.39. The Hall–Kier alpha value is -0.450. The molecule has 0 spiro atoms. The van der Waals surface area contributed by atoms with Crippen molar-refractivity contribution in [2.75, 3.05) is 12.9 Å². The number of rotatable bonds is 7. The number of nitrogens with one attached hydrogen (secondary N) is 1. The standard InChI is InChI=1S/C12H21NO2S/c1-12(2,6-7-14)13-8-10-4-5-11(15-10)9-16-3/h4-5,13-14H,6-9H2,1-3H3. The molecule has 0 saturated carbocycles. The molecule has 0 aliphatic heterocycles. The third-order valence-corrected chi connectivity index (χ3v) is 3.06. The van der Waals surface area contributed by atoms with Crippen LogP contribution in [0.3, 0.4) is 0 Å². The van der Waals surface area contributed by atoms with E-state index in [1.165, 1.54) is 0 Å². The number of furan rings is 1. The van der Waals surface area contributed by atoms with Crippen LogP contribution < -0.4 is 5.32 Å². The molecule has 2 N–H and O–H groups in total. The van der Waals surface area contributed by atoms with Crippen molar-refractivity contribution in [3.63, 3.8) is 0 Å². The Labute approximate surface area is 102 Å². The molecule has 1 aromatic rings. The predicted molar refractivity (Wildman–Crippen MR) is 68.5 cm³/mol. The van der Waals surface area contributed by atoms with Crippen LogP contribution in [0.2, 0.25) is 0 Å². The Morgan fingerprint density at radius 3 is 2.69 bits per heavy atom. The maximum atomic E-state index is 8.91. The van der Waals surface area contributed by atoms with Gasteiger partial charge in [0.05, 0.1) is 12.3 Å². The highest BCUT2D eigenvalue weighted by Gasteiger charge is 2.16. The molecule has 4 heteroatoms. The average molecular weight is 243 g/mol. The summed E-state index contributed by atoms with van der Waals surface area (Å²) >= 11 is 1.75. The van der Waals surface area contributed by atoms with Gasteiger partial charge in [-0.15, -0.1) is 0 Å². The zero-order valence-electron chi connectivity index (χ0n) is 10.2. The molecule has 0 saturated heterocycles. The summed E-state index contributed by atoms with van der Waals surface area (Å²) in [6.07, 6.45) is 2.80. The Balaban J connectivity index is 2.41. The lowest BCUT2D eigenvalue weighted by Crippen LogP contribution is -2.39. The Bertz CT molecular complexity index is 310. The largest absolute Gasteiger partial charge is 0.464 e. The lowest BCUT2D eigenvalue weighted by Gasteiger charge is -2.24. The molecule has 0 radical (unpaired) electrons. The summed E-state index contributed by atoms with van der Waals surface area (Å²) in [5.74, 6) is 2.89. The molecule has 0 unspecified atom stereocenters. The molecule has 16 heavy (non-hydrogen) atoms. The van der Waals surface area contributed by atoms with Crippen LogP contribution in [0, 0.1) is 0 Å². The lowest BCUT2D eigenvalue weighted by atomic mass is 10.0. The first-order valence-corrected chi connectivity index (χ1v) is 6.89. The SMILES string of the molecule is CSCc1ccc(CNC(C)(C)CCO)o1. The summed E-state index contributed by atoms with van der Waals surface area (Å²) in [7, 11) is 0. The zero-order chi connectivity index (χ0) is 12.0. The van der Waals surface area contributed by atoms with Gasteiger partial charge in [0, 0.05) is 12.1 Å². The molecule has 92 valence electrons. The maximum Gasteiger partial charge on any atom is 0.118 e. The van der Waals surface area contributed by atoms with Crippen LogP contribution in [0.25, 0.3) is 0 Å². The van der Waals surface area contributed by atoms with Crippen LogP contribution in [-0.4, -0.2) is 23.5 Å². The maximum absolute atomic E-state index is 8.91. The molecule has 0 aromatic carbocycles. The van der Waals surface area contributed by atoms with Crippen LogP contribution in [0.1, 0.15) is 31.8 Å². The second kappa shape index (κ2) is 6.33. The van der Waals surface area contributed by atoms with Crippen molar-refractivity contribution >= 4 is 11.8 Å². The second-order valence-corrected chi connectivity index (χ2v) is 5.38. The van der Waals surface area contributed by atoms with E-state index < -0.39 is 0 Å². The fourth-order valence-electron chi connectivity index (χ4n) is 1.43. The molecule has 1 heterocycles. The van der Waals surface area contributed by atoms with Gasteiger partial charge in [-0.2, -0.15) is 11.8 Å². The van der Waals surface area contributed by atoms with Gasteiger partial charge in [-0.1, -0.05) is 0 Å². The summed E-state index contributed by atoms with van der Waals surface area (Å²) < 4.78 is 5.65. The van der Waals surface area contributed by atoms with Crippen molar-refractivity contribution < 1.29 is 9.52 Å². The fraction of sp³-hybridized carbons (Fsp3) is 0.667. The van der Waals surface area contributed by atoms with E-state index >= 15 is 0 Å². The summed E-state index contributed by atoms with van der Waals surface area (Å²) in [4.78, 5) is 0. The number of thioether (sulfide) groups is 1. The van der Waals surface area contributed by atoms with Gasteiger partial charge >= 0.3 is 0 Å². The molecule has 1 rings (SSSR count). The Kier molecular flexibility index (Phi) is 5.38. The Morgan fingerprint density at radius 1 is 1.38 bits per heavy atom. The first-order valence-electron chi connectivity index (χ1n) is 5.50. The van der Waals surface area contributed by atoms with Gasteiger partial charge in [0.2, 0.25) is 0 Å². The van der Waals surface area contributed by atoms with Crippen molar-refractivity contribution in [1.82, 2.24) is 5.32 Å². The molecule has 0 aliphatic rings. The fourth-order valence-corrected chi connectivity index (χ4v) is 1.87. The number of hydrogen-bond donors (Lipinski definition) is 2. The molecular formula is C12H21NO2S. The van der Waals surface area contributed by atoms with E-state index in [9.17, 15) is 0 Å². The van der Waals surface area contributed by atoms with Gasteiger partial charge < -0.3 is 14.8 Å². The zero-order valence-corrected chi connectivity index (χ0v) is 11.1. The van der Waals surface area contributed by atoms with E-state index in [0.717, 1.165) is 23.7 Å². The van der Waals surface area contributed by atoms with E-state index in [1.807, 2.05) is 12.1 Å². The Morgan fingerprint density at radius 2 is 2.06 bits per heavy atom. The van der Waals surface area contributed by atoms with Crippen LogP contribution in [0.4, 0.5) is 0 Å². The quantitative estimate of drug-likeness (QED) is 0.772. The van der Waals surface area contributed by atoms with Gasteiger partial charge in [0.25, 0.3) is 0 Å². The van der Waals surface area contributed by atoms with Gasteiger partial charge in [0.15, 0.2) is 0 Å². The van der Waals surface area contributed by atoms with E-state index in [1.54, 1.807) is 11.8 Å². The van der Waals surface area contributed by atoms with E-state index in [4.69, 9.17) is 9.52 Å². The molecule has 0 bridgehead atoms. The summed E-state index contributed by atoms with van der Waals surface area (Å²) in [6.45, 7) is 5.07. The molecular weight excluding hydrogens is 222 g/mol. The lowest BCUT2D eigenvalue weighted by molar-refractivity contribution is 0.227. The summed E-state index contributed by atoms with van der Waals surface area (Å²) in [6, 6.07) is 4.03. The van der Waals surface area contributed by atoms with Crippen LogP contribution in [-0.2, 0) is 12.3 Å². The third-order valence-electron chi connectivity index (χ3n) is 2.48. The topological polar surface area (TPSA) is 45.4 Å². The highest BCUT2D eigenvalue weighted by molar-refractivity contribution is 7.97. The molecule has 0 atom stereocenters. The highest BCUT2D eigenvalue weighted by atomic mass is 32.2. The first kappa shape index (κ1) is 13.6. The smallest absolute Gasteiger partial charge is 0.118 e. The van der Waals surface area contributed by atoms with Gasteiger partial charge in [0.1, 0.15) is 11.5 Å². The van der Waals surface area contributed by atoms with Gasteiger partial charge in [-0.05, 0) is 38.7 Å². The highest BCUT2D eigenvalue weighted by Crippen LogP contribution is 2.15. The van der Waals surface area contributed by atoms with Gasteiger partial charge in [-0.25, -0.2) is 0 Å². The number of hydrogen-bond acceptors (Lipinski definition) is 4. The minimum atomic E-state index is -0.0544. The van der Waals surface area contributed by atoms with E-state index in [2.05, 4.69) is 25.4 Å². The average Bonchev–Trinajstić information content (AvgIpc) is 2.64.